The van der Waals surface area contributed by atoms with Crippen molar-refractivity contribution in [3.63, 3.8) is 0 Å². The van der Waals surface area contributed by atoms with Crippen LogP contribution in [0.5, 0.6) is 11.5 Å². The van der Waals surface area contributed by atoms with E-state index >= 15 is 0 Å². The van der Waals surface area contributed by atoms with Gasteiger partial charge < -0.3 is 19.7 Å². The van der Waals surface area contributed by atoms with E-state index in [1.165, 1.54) is 12.8 Å². The fraction of sp³-hybridized carbons (Fsp3) is 0.314. The lowest BCUT2D eigenvalue weighted by Gasteiger charge is -2.38. The lowest BCUT2D eigenvalue weighted by Crippen LogP contribution is -2.29. The van der Waals surface area contributed by atoms with Crippen LogP contribution >= 0.6 is 0 Å². The Hall–Kier alpha value is -3.60. The van der Waals surface area contributed by atoms with E-state index in [0.717, 1.165) is 70.6 Å². The molecule has 1 aliphatic rings. The van der Waals surface area contributed by atoms with Crippen LogP contribution in [0, 0.1) is 0 Å². The molecule has 4 heteroatoms. The van der Waals surface area contributed by atoms with Gasteiger partial charge in [0.2, 0.25) is 0 Å². The minimum absolute atomic E-state index is 0.0517. The van der Waals surface area contributed by atoms with Crippen LogP contribution in [0.15, 0.2) is 97.1 Å². The van der Waals surface area contributed by atoms with Gasteiger partial charge in [-0.25, -0.2) is 0 Å². The maximum absolute atomic E-state index is 9.75. The van der Waals surface area contributed by atoms with Crippen molar-refractivity contribution in [1.29, 1.82) is 0 Å². The van der Waals surface area contributed by atoms with Gasteiger partial charge in [-0.1, -0.05) is 123 Å². The molecule has 0 amide bonds. The van der Waals surface area contributed by atoms with Crippen molar-refractivity contribution in [2.24, 2.45) is 0 Å². The molecule has 4 aromatic rings. The lowest BCUT2D eigenvalue weighted by molar-refractivity contribution is 0.195. The molecule has 4 nitrogen and oxygen atoms in total. The van der Waals surface area contributed by atoms with Crippen LogP contribution in [0.4, 0.5) is 0 Å². The molecule has 0 heterocycles. The smallest absolute Gasteiger partial charge is 0.131 e. The van der Waals surface area contributed by atoms with Gasteiger partial charge >= 0.3 is 0 Å². The Morgan fingerprint density at radius 1 is 0.513 bits per heavy atom. The van der Waals surface area contributed by atoms with E-state index in [9.17, 15) is 10.2 Å². The molecule has 0 aromatic heterocycles. The molecule has 0 atom stereocenters. The van der Waals surface area contributed by atoms with Crippen molar-refractivity contribution in [1.82, 2.24) is 0 Å². The van der Waals surface area contributed by atoms with Crippen LogP contribution in [0.2, 0.25) is 0 Å². The van der Waals surface area contributed by atoms with Gasteiger partial charge in [-0.2, -0.15) is 0 Å². The summed E-state index contributed by atoms with van der Waals surface area (Å²) in [6.45, 7) is 0.351. The first kappa shape index (κ1) is 27.0. The molecule has 0 radical (unpaired) electrons. The Morgan fingerprint density at radius 2 is 0.949 bits per heavy atom. The topological polar surface area (TPSA) is 58.9 Å². The number of para-hydroxylation sites is 2. The first-order chi connectivity index (χ1) is 19.3. The normalized spacial score (nSPS) is 14.9. The second-order valence-electron chi connectivity index (χ2n) is 10.2. The maximum atomic E-state index is 9.75. The first-order valence-corrected chi connectivity index (χ1v) is 14.1. The van der Waals surface area contributed by atoms with E-state index in [1.807, 2.05) is 36.4 Å². The van der Waals surface area contributed by atoms with Gasteiger partial charge in [-0.05, 0) is 24.0 Å². The number of hydrogen-bond donors (Lipinski definition) is 2. The molecule has 0 aliphatic heterocycles. The van der Waals surface area contributed by atoms with Crippen LogP contribution in [0.1, 0.15) is 49.7 Å². The number of aliphatic hydroxyl groups is 2. The zero-order valence-electron chi connectivity index (χ0n) is 22.5. The molecular weight excluding hydrogens is 484 g/mol. The van der Waals surface area contributed by atoms with Crippen molar-refractivity contribution < 1.29 is 19.7 Å². The zero-order chi connectivity index (χ0) is 26.9. The Morgan fingerprint density at radius 3 is 1.36 bits per heavy atom. The van der Waals surface area contributed by atoms with Gasteiger partial charge in [0, 0.05) is 27.7 Å². The van der Waals surface area contributed by atoms with E-state index in [2.05, 4.69) is 60.7 Å². The molecular formula is C35H38O4. The summed E-state index contributed by atoms with van der Waals surface area (Å²) < 4.78 is 12.8. The summed E-state index contributed by atoms with van der Waals surface area (Å²) in [6.07, 6.45) is 6.52. The van der Waals surface area contributed by atoms with E-state index in [-0.39, 0.29) is 31.8 Å². The second-order valence-corrected chi connectivity index (χ2v) is 10.2. The summed E-state index contributed by atoms with van der Waals surface area (Å²) >= 11 is 0. The molecule has 0 saturated heterocycles. The van der Waals surface area contributed by atoms with E-state index in [4.69, 9.17) is 9.47 Å². The number of ether oxygens (including phenoxy) is 2. The summed E-state index contributed by atoms with van der Waals surface area (Å²) in [7, 11) is 0. The summed E-state index contributed by atoms with van der Waals surface area (Å²) in [5.74, 6) is 1.66. The van der Waals surface area contributed by atoms with Crippen molar-refractivity contribution >= 4 is 0 Å². The molecule has 1 aliphatic carbocycles. The van der Waals surface area contributed by atoms with Crippen molar-refractivity contribution in [3.8, 4) is 33.8 Å². The highest BCUT2D eigenvalue weighted by atomic mass is 16.5. The van der Waals surface area contributed by atoms with Gasteiger partial charge in [0.1, 0.15) is 24.7 Å². The second kappa shape index (κ2) is 13.0. The molecule has 39 heavy (non-hydrogen) atoms. The van der Waals surface area contributed by atoms with Gasteiger partial charge in [0.05, 0.1) is 13.2 Å². The molecule has 1 fully saturated rings. The molecule has 5 rings (SSSR count). The van der Waals surface area contributed by atoms with E-state index < -0.39 is 0 Å². The Kier molecular flexibility index (Phi) is 8.97. The van der Waals surface area contributed by atoms with Crippen LogP contribution in [-0.4, -0.2) is 36.6 Å². The standard InChI is InChI=1S/C35H38O4/c36-23-25-38-33-29(27-13-5-3-6-14-27)17-11-19-31(33)35(21-9-1-2-10-22-35)32-20-12-18-30(34(32)39-26-24-37)28-15-7-4-8-16-28/h3-8,11-20,36-37H,1-2,9-10,21-26H2. The van der Waals surface area contributed by atoms with Crippen molar-refractivity contribution in [2.75, 3.05) is 26.4 Å². The van der Waals surface area contributed by atoms with Gasteiger partial charge in [0.15, 0.2) is 0 Å². The van der Waals surface area contributed by atoms with Crippen LogP contribution in [-0.2, 0) is 5.41 Å². The third-order valence-electron chi connectivity index (χ3n) is 7.86. The summed E-state index contributed by atoms with van der Waals surface area (Å²) in [5.41, 5.74) is 6.17. The average molecular weight is 523 g/mol. The first-order valence-electron chi connectivity index (χ1n) is 14.1. The van der Waals surface area contributed by atoms with Crippen LogP contribution in [0.25, 0.3) is 22.3 Å². The monoisotopic (exact) mass is 522 g/mol. The minimum Gasteiger partial charge on any atom is -0.490 e. The largest absolute Gasteiger partial charge is 0.490 e. The lowest BCUT2D eigenvalue weighted by atomic mass is 9.67. The highest BCUT2D eigenvalue weighted by Gasteiger charge is 2.40. The van der Waals surface area contributed by atoms with Gasteiger partial charge in [-0.3, -0.25) is 0 Å². The Bertz CT molecular complexity index is 1230. The maximum Gasteiger partial charge on any atom is 0.131 e. The highest BCUT2D eigenvalue weighted by Crippen LogP contribution is 2.53. The SMILES string of the molecule is OCCOc1c(-c2ccccc2)cccc1C1(c2cccc(-c3ccccc3)c2OCCO)CCCCCC1. The third kappa shape index (κ3) is 5.73. The number of aliphatic hydroxyl groups excluding tert-OH is 2. The quantitative estimate of drug-likeness (QED) is 0.213. The summed E-state index contributed by atoms with van der Waals surface area (Å²) in [4.78, 5) is 0. The summed E-state index contributed by atoms with van der Waals surface area (Å²) in [6, 6.07) is 33.5. The molecule has 1 saturated carbocycles. The minimum atomic E-state index is -0.346. The van der Waals surface area contributed by atoms with Crippen molar-refractivity contribution in [2.45, 2.75) is 43.9 Å². The van der Waals surface area contributed by atoms with Crippen LogP contribution < -0.4 is 9.47 Å². The highest BCUT2D eigenvalue weighted by molar-refractivity contribution is 5.77. The fourth-order valence-corrected chi connectivity index (χ4v) is 6.14. The number of benzene rings is 4. The molecule has 202 valence electrons. The fourth-order valence-electron chi connectivity index (χ4n) is 6.14. The van der Waals surface area contributed by atoms with Gasteiger partial charge in [-0.15, -0.1) is 0 Å². The predicted octanol–water partition coefficient (Wildman–Crippen LogP) is 7.40. The molecule has 0 unspecified atom stereocenters. The van der Waals surface area contributed by atoms with E-state index in [1.54, 1.807) is 0 Å². The molecule has 0 spiro atoms. The number of hydrogen-bond acceptors (Lipinski definition) is 4. The van der Waals surface area contributed by atoms with E-state index in [0.29, 0.717) is 0 Å². The third-order valence-corrected chi connectivity index (χ3v) is 7.86. The zero-order valence-corrected chi connectivity index (χ0v) is 22.5. The summed E-state index contributed by atoms with van der Waals surface area (Å²) in [5, 5.41) is 19.5. The Balaban J connectivity index is 1.78. The molecule has 2 N–H and O–H groups in total. The Labute approximate surface area is 231 Å². The number of rotatable bonds is 10. The molecule has 4 aromatic carbocycles. The van der Waals surface area contributed by atoms with Crippen molar-refractivity contribution in [3.05, 3.63) is 108 Å². The average Bonchev–Trinajstić information content (AvgIpc) is 3.26. The predicted molar refractivity (Wildman–Crippen MR) is 157 cm³/mol. The van der Waals surface area contributed by atoms with Crippen LogP contribution in [0.3, 0.4) is 0 Å². The molecule has 0 bridgehead atoms. The van der Waals surface area contributed by atoms with Gasteiger partial charge in [0.25, 0.3) is 0 Å².